The number of piperidine rings is 1. The van der Waals surface area contributed by atoms with E-state index in [1.165, 1.54) is 12.0 Å². The Bertz CT molecular complexity index is 368. The summed E-state index contributed by atoms with van der Waals surface area (Å²) >= 11 is 0. The van der Waals surface area contributed by atoms with Gasteiger partial charge in [-0.2, -0.15) is 0 Å². The Morgan fingerprint density at radius 2 is 1.95 bits per heavy atom. The van der Waals surface area contributed by atoms with Crippen molar-refractivity contribution < 1.29 is 23.9 Å². The molecule has 1 unspecified atom stereocenters. The monoisotopic (exact) mass is 271 g/mol. The minimum Gasteiger partial charge on any atom is -0.466 e. The van der Waals surface area contributed by atoms with Crippen LogP contribution in [0.4, 0.5) is 4.79 Å². The van der Waals surface area contributed by atoms with Crippen molar-refractivity contribution in [2.45, 2.75) is 45.1 Å². The molecule has 6 heteroatoms. The molecule has 0 saturated carbocycles. The molecule has 0 N–H and O–H groups in total. The number of amides is 1. The van der Waals surface area contributed by atoms with Gasteiger partial charge in [-0.3, -0.25) is 14.5 Å². The molecule has 0 aromatic heterocycles. The van der Waals surface area contributed by atoms with Crippen LogP contribution >= 0.6 is 0 Å². The highest BCUT2D eigenvalue weighted by atomic mass is 16.5. The van der Waals surface area contributed by atoms with Crippen LogP contribution < -0.4 is 0 Å². The van der Waals surface area contributed by atoms with E-state index in [-0.39, 0.29) is 18.8 Å². The number of Topliss-reactive ketones (excluding diaryl/α,β-unsaturated/α-hetero) is 1. The summed E-state index contributed by atoms with van der Waals surface area (Å²) < 4.78 is 9.48. The maximum Gasteiger partial charge on any atom is 0.410 e. The van der Waals surface area contributed by atoms with Crippen LogP contribution in [-0.4, -0.2) is 48.5 Å². The standard InChI is InChI=1S/C13H21NO5/c1-4-19-11(16)9-10(15)13(2)7-5-6-8-14(13)12(17)18-3/h4-9H2,1-3H3. The molecule has 1 fully saturated rings. The molecule has 1 rings (SSSR count). The summed E-state index contributed by atoms with van der Waals surface area (Å²) in [6.07, 6.45) is 1.38. The number of rotatable bonds is 4. The van der Waals surface area contributed by atoms with Crippen molar-refractivity contribution in [3.8, 4) is 0 Å². The van der Waals surface area contributed by atoms with Crippen molar-refractivity contribution in [3.63, 3.8) is 0 Å². The van der Waals surface area contributed by atoms with Gasteiger partial charge in [0, 0.05) is 6.54 Å². The molecule has 1 atom stereocenters. The number of esters is 1. The number of methoxy groups -OCH3 is 1. The smallest absolute Gasteiger partial charge is 0.410 e. The predicted molar refractivity (Wildman–Crippen MR) is 67.6 cm³/mol. The van der Waals surface area contributed by atoms with Crippen molar-refractivity contribution in [2.24, 2.45) is 0 Å². The van der Waals surface area contributed by atoms with Gasteiger partial charge in [0.15, 0.2) is 5.78 Å². The Hall–Kier alpha value is -1.59. The summed E-state index contributed by atoms with van der Waals surface area (Å²) in [5.74, 6) is -0.847. The van der Waals surface area contributed by atoms with Gasteiger partial charge in [0.1, 0.15) is 12.0 Å². The van der Waals surface area contributed by atoms with E-state index in [0.717, 1.165) is 12.8 Å². The van der Waals surface area contributed by atoms with Gasteiger partial charge < -0.3 is 9.47 Å². The topological polar surface area (TPSA) is 72.9 Å². The van der Waals surface area contributed by atoms with Gasteiger partial charge >= 0.3 is 12.1 Å². The van der Waals surface area contributed by atoms with E-state index in [2.05, 4.69) is 0 Å². The lowest BCUT2D eigenvalue weighted by atomic mass is 9.83. The Balaban J connectivity index is 2.82. The molecule has 1 aliphatic heterocycles. The van der Waals surface area contributed by atoms with Crippen molar-refractivity contribution in [2.75, 3.05) is 20.3 Å². The van der Waals surface area contributed by atoms with E-state index < -0.39 is 17.6 Å². The number of carbonyl (C=O) groups excluding carboxylic acids is 3. The predicted octanol–water partition coefficient (Wildman–Crippen LogP) is 1.52. The molecule has 6 nitrogen and oxygen atoms in total. The Morgan fingerprint density at radius 3 is 2.53 bits per heavy atom. The van der Waals surface area contributed by atoms with Crippen LogP contribution in [0.5, 0.6) is 0 Å². The van der Waals surface area contributed by atoms with E-state index >= 15 is 0 Å². The molecule has 1 heterocycles. The number of hydrogen-bond donors (Lipinski definition) is 0. The SMILES string of the molecule is CCOC(=O)CC(=O)C1(C)CCCCN1C(=O)OC. The highest BCUT2D eigenvalue weighted by Gasteiger charge is 2.44. The van der Waals surface area contributed by atoms with Crippen LogP contribution in [0.2, 0.25) is 0 Å². The molecule has 0 bridgehead atoms. The van der Waals surface area contributed by atoms with Crippen LogP contribution in [-0.2, 0) is 19.1 Å². The van der Waals surface area contributed by atoms with Crippen LogP contribution in [0.1, 0.15) is 39.5 Å². The van der Waals surface area contributed by atoms with Gasteiger partial charge in [-0.25, -0.2) is 4.79 Å². The number of nitrogens with zero attached hydrogens (tertiary/aromatic N) is 1. The summed E-state index contributed by atoms with van der Waals surface area (Å²) in [6, 6.07) is 0. The fourth-order valence-corrected chi connectivity index (χ4v) is 2.35. The maximum absolute atomic E-state index is 12.3. The molecule has 19 heavy (non-hydrogen) atoms. The third-order valence-electron chi connectivity index (χ3n) is 3.50. The molecule has 1 amide bonds. The van der Waals surface area contributed by atoms with E-state index in [1.807, 2.05) is 0 Å². The van der Waals surface area contributed by atoms with E-state index in [9.17, 15) is 14.4 Å². The number of carbonyl (C=O) groups is 3. The lowest BCUT2D eigenvalue weighted by Gasteiger charge is -2.42. The molecular weight excluding hydrogens is 250 g/mol. The van der Waals surface area contributed by atoms with Crippen LogP contribution in [0, 0.1) is 0 Å². The van der Waals surface area contributed by atoms with Crippen molar-refractivity contribution in [1.82, 2.24) is 4.90 Å². The molecular formula is C13H21NO5. The molecule has 1 saturated heterocycles. The Labute approximate surface area is 113 Å². The van der Waals surface area contributed by atoms with E-state index in [0.29, 0.717) is 13.0 Å². The quantitative estimate of drug-likeness (QED) is 0.572. The Morgan fingerprint density at radius 1 is 1.26 bits per heavy atom. The van der Waals surface area contributed by atoms with Gasteiger partial charge in [0.2, 0.25) is 0 Å². The molecule has 0 radical (unpaired) electrons. The van der Waals surface area contributed by atoms with Crippen LogP contribution in [0.15, 0.2) is 0 Å². The molecule has 0 aromatic rings. The summed E-state index contributed by atoms with van der Waals surface area (Å²) in [4.78, 5) is 36.8. The minimum absolute atomic E-state index is 0.240. The Kier molecular flexibility index (Phi) is 5.32. The van der Waals surface area contributed by atoms with E-state index in [4.69, 9.17) is 9.47 Å². The first-order valence-corrected chi connectivity index (χ1v) is 6.50. The summed E-state index contributed by atoms with van der Waals surface area (Å²) in [6.45, 7) is 4.08. The van der Waals surface area contributed by atoms with Crippen molar-refractivity contribution >= 4 is 17.8 Å². The molecule has 0 aliphatic carbocycles. The average Bonchev–Trinajstić information content (AvgIpc) is 2.38. The van der Waals surface area contributed by atoms with Crippen molar-refractivity contribution in [1.29, 1.82) is 0 Å². The second-order valence-corrected chi connectivity index (χ2v) is 4.76. The van der Waals surface area contributed by atoms with Gasteiger partial charge in [-0.05, 0) is 33.1 Å². The third kappa shape index (κ3) is 3.45. The zero-order valence-corrected chi connectivity index (χ0v) is 11.7. The first-order valence-electron chi connectivity index (χ1n) is 6.50. The summed E-state index contributed by atoms with van der Waals surface area (Å²) in [7, 11) is 1.28. The first-order chi connectivity index (χ1) is 8.95. The largest absolute Gasteiger partial charge is 0.466 e. The number of likely N-dealkylation sites (tertiary alicyclic amines) is 1. The fourth-order valence-electron chi connectivity index (χ4n) is 2.35. The minimum atomic E-state index is -0.974. The van der Waals surface area contributed by atoms with Crippen LogP contribution in [0.25, 0.3) is 0 Å². The number of hydrogen-bond acceptors (Lipinski definition) is 5. The van der Waals surface area contributed by atoms with Gasteiger partial charge in [0.25, 0.3) is 0 Å². The highest BCUT2D eigenvalue weighted by molar-refractivity contribution is 6.02. The van der Waals surface area contributed by atoms with E-state index in [1.54, 1.807) is 13.8 Å². The zero-order valence-electron chi connectivity index (χ0n) is 11.7. The third-order valence-corrected chi connectivity index (χ3v) is 3.50. The summed E-state index contributed by atoms with van der Waals surface area (Å²) in [5.41, 5.74) is -0.974. The highest BCUT2D eigenvalue weighted by Crippen LogP contribution is 2.30. The van der Waals surface area contributed by atoms with Gasteiger partial charge in [0.05, 0.1) is 13.7 Å². The molecule has 108 valence electrons. The number of ketones is 1. The second kappa shape index (κ2) is 6.54. The number of ether oxygens (including phenoxy) is 2. The first kappa shape index (κ1) is 15.5. The zero-order chi connectivity index (χ0) is 14.5. The maximum atomic E-state index is 12.3. The normalized spacial score (nSPS) is 22.8. The molecule has 0 aromatic carbocycles. The second-order valence-electron chi connectivity index (χ2n) is 4.76. The van der Waals surface area contributed by atoms with Crippen LogP contribution in [0.3, 0.4) is 0 Å². The van der Waals surface area contributed by atoms with Crippen molar-refractivity contribution in [3.05, 3.63) is 0 Å². The average molecular weight is 271 g/mol. The van der Waals surface area contributed by atoms with Gasteiger partial charge in [-0.15, -0.1) is 0 Å². The molecule has 1 aliphatic rings. The fraction of sp³-hybridized carbons (Fsp3) is 0.769. The lowest BCUT2D eigenvalue weighted by Crippen LogP contribution is -2.57. The van der Waals surface area contributed by atoms with Gasteiger partial charge in [-0.1, -0.05) is 0 Å². The summed E-state index contributed by atoms with van der Waals surface area (Å²) in [5, 5.41) is 0. The molecule has 0 spiro atoms. The lowest BCUT2D eigenvalue weighted by molar-refractivity contribution is -0.148.